The maximum Gasteiger partial charge on any atom is 0.335 e. The minimum Gasteiger partial charge on any atom is -0.481 e. The van der Waals surface area contributed by atoms with Crippen LogP contribution in [0.15, 0.2) is 23.2 Å². The van der Waals surface area contributed by atoms with Gasteiger partial charge in [-0.25, -0.2) is 14.5 Å². The Labute approximate surface area is 159 Å². The monoisotopic (exact) mass is 414 g/mol. The summed E-state index contributed by atoms with van der Waals surface area (Å²) in [5.74, 6) is 0.534. The van der Waals surface area contributed by atoms with Gasteiger partial charge in [0.1, 0.15) is 5.82 Å². The quantitative estimate of drug-likeness (QED) is 0.690. The topological polar surface area (TPSA) is 137 Å². The summed E-state index contributed by atoms with van der Waals surface area (Å²) in [5.41, 5.74) is 0. The van der Waals surface area contributed by atoms with Gasteiger partial charge in [0.25, 0.3) is 10.0 Å². The van der Waals surface area contributed by atoms with Crippen LogP contribution in [0.5, 0.6) is 11.8 Å². The summed E-state index contributed by atoms with van der Waals surface area (Å²) >= 11 is 5.97. The highest BCUT2D eigenvalue weighted by atomic mass is 35.5. The second-order valence-electron chi connectivity index (χ2n) is 5.25. The molecule has 11 nitrogen and oxygen atoms in total. The van der Waals surface area contributed by atoms with E-state index in [1.54, 1.807) is 6.08 Å². The number of aromatic nitrogens is 4. The highest BCUT2D eigenvalue weighted by Gasteiger charge is 2.29. The van der Waals surface area contributed by atoms with Crippen LogP contribution < -0.4 is 19.5 Å². The molecule has 0 bridgehead atoms. The lowest BCUT2D eigenvalue weighted by atomic mass is 10.3. The summed E-state index contributed by atoms with van der Waals surface area (Å²) in [7, 11) is -1.54. The van der Waals surface area contributed by atoms with Crippen LogP contribution in [0.2, 0.25) is 5.15 Å². The number of carbonyl (C=O) groups excluding carboxylic acids is 1. The van der Waals surface area contributed by atoms with Gasteiger partial charge in [-0.05, 0) is 0 Å². The maximum atomic E-state index is 12.6. The minimum absolute atomic E-state index is 0.125. The third-order valence-electron chi connectivity index (χ3n) is 3.52. The van der Waals surface area contributed by atoms with Crippen molar-refractivity contribution in [2.75, 3.05) is 19.5 Å². The Morgan fingerprint density at radius 1 is 1.19 bits per heavy atom. The van der Waals surface area contributed by atoms with Crippen molar-refractivity contribution in [3.8, 4) is 11.8 Å². The number of halogens is 1. The fourth-order valence-corrected chi connectivity index (χ4v) is 4.02. The molecule has 2 aromatic rings. The average molecular weight is 415 g/mol. The molecule has 0 saturated carbocycles. The number of imidazole rings is 1. The molecule has 27 heavy (non-hydrogen) atoms. The fourth-order valence-electron chi connectivity index (χ4n) is 2.39. The van der Waals surface area contributed by atoms with Gasteiger partial charge >= 0.3 is 6.03 Å². The minimum atomic E-state index is -4.29. The van der Waals surface area contributed by atoms with E-state index < -0.39 is 16.1 Å². The van der Waals surface area contributed by atoms with Crippen molar-refractivity contribution in [3.63, 3.8) is 0 Å². The molecule has 0 aliphatic carbocycles. The van der Waals surface area contributed by atoms with E-state index in [9.17, 15) is 13.2 Å². The Kier molecular flexibility index (Phi) is 5.19. The van der Waals surface area contributed by atoms with Crippen molar-refractivity contribution in [2.24, 2.45) is 0 Å². The predicted molar refractivity (Wildman–Crippen MR) is 94.6 cm³/mol. The summed E-state index contributed by atoms with van der Waals surface area (Å²) in [6.45, 7) is 0.281. The summed E-state index contributed by atoms with van der Waals surface area (Å²) in [6, 6.07) is 0.314. The molecule has 2 aromatic heterocycles. The molecule has 1 aliphatic rings. The van der Waals surface area contributed by atoms with Crippen LogP contribution in [0.1, 0.15) is 5.82 Å². The molecule has 0 fully saturated rings. The van der Waals surface area contributed by atoms with E-state index in [0.29, 0.717) is 12.2 Å². The Morgan fingerprint density at radius 2 is 1.85 bits per heavy atom. The zero-order valence-electron chi connectivity index (χ0n) is 14.3. The first-order valence-electron chi connectivity index (χ1n) is 7.55. The Hall–Kier alpha value is -2.86. The average Bonchev–Trinajstić information content (AvgIpc) is 2.97. The molecule has 13 heteroatoms. The first-order valence-corrected chi connectivity index (χ1v) is 9.41. The molecular formula is C14H15ClN6O5S. The van der Waals surface area contributed by atoms with Gasteiger partial charge in [0, 0.05) is 13.0 Å². The van der Waals surface area contributed by atoms with Gasteiger partial charge in [-0.3, -0.25) is 5.32 Å². The van der Waals surface area contributed by atoms with Crippen LogP contribution in [0.4, 0.5) is 10.7 Å². The second kappa shape index (κ2) is 7.40. The van der Waals surface area contributed by atoms with Gasteiger partial charge in [-0.2, -0.15) is 18.4 Å². The predicted octanol–water partition coefficient (Wildman–Crippen LogP) is 0.966. The Bertz CT molecular complexity index is 997. The maximum absolute atomic E-state index is 12.6. The molecule has 2 amide bonds. The highest BCUT2D eigenvalue weighted by Crippen LogP contribution is 2.25. The number of nitrogens with one attached hydrogen (secondary N) is 2. The number of hydrogen-bond donors (Lipinski definition) is 2. The number of fused-ring (bicyclic) bond motifs is 1. The molecule has 2 N–H and O–H groups in total. The summed E-state index contributed by atoms with van der Waals surface area (Å²) < 4.78 is 38.4. The first-order chi connectivity index (χ1) is 12.8. The molecule has 0 saturated heterocycles. The van der Waals surface area contributed by atoms with Crippen LogP contribution in [0.25, 0.3) is 0 Å². The molecule has 3 heterocycles. The van der Waals surface area contributed by atoms with E-state index in [0.717, 1.165) is 0 Å². The van der Waals surface area contributed by atoms with E-state index in [-0.39, 0.29) is 34.4 Å². The summed E-state index contributed by atoms with van der Waals surface area (Å²) in [5, 5.41) is 1.71. The number of methoxy groups -OCH3 is 2. The number of carbonyl (C=O) groups is 1. The SMILES string of the molecule is COc1cc(OC)nc(NC(=O)NS(=O)(=O)c2c(Cl)nc3n2CC=CC3)n1. The lowest BCUT2D eigenvalue weighted by molar-refractivity contribution is 0.256. The Morgan fingerprint density at radius 3 is 2.48 bits per heavy atom. The van der Waals surface area contributed by atoms with E-state index in [2.05, 4.69) is 20.3 Å². The zero-order valence-corrected chi connectivity index (χ0v) is 15.8. The van der Waals surface area contributed by atoms with Crippen LogP contribution >= 0.6 is 11.6 Å². The molecule has 3 rings (SSSR count). The third kappa shape index (κ3) is 3.95. The summed E-state index contributed by atoms with van der Waals surface area (Å²) in [6.07, 6.45) is 4.07. The number of rotatable bonds is 5. The number of hydrogen-bond acceptors (Lipinski definition) is 8. The van der Waals surface area contributed by atoms with Gasteiger partial charge in [0.15, 0.2) is 10.2 Å². The van der Waals surface area contributed by atoms with Crippen LogP contribution in [0.3, 0.4) is 0 Å². The third-order valence-corrected chi connectivity index (χ3v) is 5.27. The molecule has 144 valence electrons. The molecule has 0 radical (unpaired) electrons. The smallest absolute Gasteiger partial charge is 0.335 e. The van der Waals surface area contributed by atoms with Crippen molar-refractivity contribution in [1.82, 2.24) is 24.2 Å². The molecule has 0 aromatic carbocycles. The number of nitrogens with zero attached hydrogens (tertiary/aromatic N) is 4. The zero-order chi connectivity index (χ0) is 19.6. The molecule has 1 aliphatic heterocycles. The van der Waals surface area contributed by atoms with Crippen LogP contribution in [0, 0.1) is 0 Å². The normalized spacial score (nSPS) is 13.0. The summed E-state index contributed by atoms with van der Waals surface area (Å²) in [4.78, 5) is 23.9. The van der Waals surface area contributed by atoms with Gasteiger partial charge in [0.05, 0.1) is 20.3 Å². The van der Waals surface area contributed by atoms with Gasteiger partial charge in [0.2, 0.25) is 17.7 Å². The molecular weight excluding hydrogens is 400 g/mol. The number of sulfonamides is 1. The van der Waals surface area contributed by atoms with Crippen molar-refractivity contribution in [1.29, 1.82) is 0 Å². The van der Waals surface area contributed by atoms with E-state index in [4.69, 9.17) is 21.1 Å². The van der Waals surface area contributed by atoms with E-state index >= 15 is 0 Å². The number of ether oxygens (including phenoxy) is 2. The van der Waals surface area contributed by atoms with Gasteiger partial charge in [-0.1, -0.05) is 23.8 Å². The van der Waals surface area contributed by atoms with Crippen molar-refractivity contribution in [2.45, 2.75) is 18.0 Å². The van der Waals surface area contributed by atoms with E-state index in [1.165, 1.54) is 24.9 Å². The largest absolute Gasteiger partial charge is 0.481 e. The highest BCUT2D eigenvalue weighted by molar-refractivity contribution is 7.90. The van der Waals surface area contributed by atoms with Crippen LogP contribution in [-0.2, 0) is 23.0 Å². The van der Waals surface area contributed by atoms with Crippen molar-refractivity contribution in [3.05, 3.63) is 29.2 Å². The van der Waals surface area contributed by atoms with E-state index in [1.807, 2.05) is 10.8 Å². The molecule has 0 spiro atoms. The lowest BCUT2D eigenvalue weighted by Crippen LogP contribution is -2.36. The van der Waals surface area contributed by atoms with Crippen LogP contribution in [-0.4, -0.2) is 48.2 Å². The standard InChI is InChI=1S/C14H15ClN6O5S/c1-25-9-7-10(26-2)18-13(17-9)19-14(22)20-27(23,24)12-11(15)16-8-5-3-4-6-21(8)12/h3-4,7H,5-6H2,1-2H3,(H2,17,18,19,20,22). The van der Waals surface area contributed by atoms with Gasteiger partial charge in [-0.15, -0.1) is 0 Å². The van der Waals surface area contributed by atoms with Crippen molar-refractivity contribution < 1.29 is 22.7 Å². The number of anilines is 1. The first kappa shape index (κ1) is 18.9. The lowest BCUT2D eigenvalue weighted by Gasteiger charge is -2.13. The van der Waals surface area contributed by atoms with Crippen molar-refractivity contribution >= 4 is 33.6 Å². The Balaban J connectivity index is 1.81. The fraction of sp³-hybridized carbons (Fsp3) is 0.286. The second-order valence-corrected chi connectivity index (χ2v) is 7.20. The molecule has 0 atom stereocenters. The number of amides is 2. The van der Waals surface area contributed by atoms with Gasteiger partial charge < -0.3 is 14.0 Å². The number of allylic oxidation sites excluding steroid dienone is 2. The molecule has 0 unspecified atom stereocenters. The number of urea groups is 1.